The molecule has 0 aliphatic heterocycles. The number of aromatic nitrogens is 1. The van der Waals surface area contributed by atoms with Gasteiger partial charge in [-0.15, -0.1) is 22.9 Å². The van der Waals surface area contributed by atoms with Crippen molar-refractivity contribution in [2.24, 2.45) is 0 Å². The van der Waals surface area contributed by atoms with E-state index in [0.29, 0.717) is 5.88 Å². The minimum atomic E-state index is 0.690. The number of rotatable bonds is 5. The number of aryl methyl sites for hydroxylation is 1. The van der Waals surface area contributed by atoms with Gasteiger partial charge in [-0.3, -0.25) is 0 Å². The molecule has 0 saturated heterocycles. The largest absolute Gasteiger partial charge is 0.497 e. The number of halogens is 1. The Bertz CT molecular complexity index is 467. The normalized spacial score (nSPS) is 10.5. The van der Waals surface area contributed by atoms with Crippen LogP contribution >= 0.6 is 22.9 Å². The first kappa shape index (κ1) is 12.4. The average Bonchev–Trinajstić information content (AvgIpc) is 2.85. The van der Waals surface area contributed by atoms with Gasteiger partial charge >= 0.3 is 0 Å². The molecule has 0 fully saturated rings. The molecule has 1 heterocycles. The van der Waals surface area contributed by atoms with Gasteiger partial charge in [-0.2, -0.15) is 0 Å². The molecule has 4 heteroatoms. The Hall–Kier alpha value is -1.06. The fourth-order valence-corrected chi connectivity index (χ4v) is 2.53. The second-order valence-electron chi connectivity index (χ2n) is 3.67. The number of ether oxygens (including phenoxy) is 1. The van der Waals surface area contributed by atoms with Gasteiger partial charge in [0, 0.05) is 16.8 Å². The van der Waals surface area contributed by atoms with Crippen LogP contribution in [0.2, 0.25) is 0 Å². The Balaban J connectivity index is 2.12. The molecule has 0 atom stereocenters. The molecule has 0 aliphatic rings. The standard InChI is InChI=1S/C13H14ClNOS/c1-16-12-6-4-10(5-7-12)13-15-11(9-17-13)3-2-8-14/h4-7,9H,2-3,8H2,1H3. The highest BCUT2D eigenvalue weighted by Gasteiger charge is 2.04. The zero-order valence-electron chi connectivity index (χ0n) is 9.65. The van der Waals surface area contributed by atoms with Gasteiger partial charge in [-0.1, -0.05) is 0 Å². The average molecular weight is 268 g/mol. The van der Waals surface area contributed by atoms with Gasteiger partial charge in [0.1, 0.15) is 10.8 Å². The zero-order valence-corrected chi connectivity index (χ0v) is 11.2. The molecule has 1 aromatic carbocycles. The lowest BCUT2D eigenvalue weighted by molar-refractivity contribution is 0.415. The third-order valence-corrected chi connectivity index (χ3v) is 3.66. The van der Waals surface area contributed by atoms with Crippen molar-refractivity contribution in [2.45, 2.75) is 12.8 Å². The van der Waals surface area contributed by atoms with Crippen LogP contribution in [0.3, 0.4) is 0 Å². The minimum Gasteiger partial charge on any atom is -0.497 e. The van der Waals surface area contributed by atoms with E-state index in [9.17, 15) is 0 Å². The molecule has 2 aromatic rings. The SMILES string of the molecule is COc1ccc(-c2nc(CCCCl)cs2)cc1. The van der Waals surface area contributed by atoms with Crippen molar-refractivity contribution in [3.8, 4) is 16.3 Å². The Kier molecular flexibility index (Phi) is 4.40. The topological polar surface area (TPSA) is 22.1 Å². The van der Waals surface area contributed by atoms with Crippen LogP contribution in [0.25, 0.3) is 10.6 Å². The van der Waals surface area contributed by atoms with Gasteiger partial charge < -0.3 is 4.74 Å². The summed E-state index contributed by atoms with van der Waals surface area (Å²) in [7, 11) is 1.67. The lowest BCUT2D eigenvalue weighted by Gasteiger charge is -2.00. The predicted molar refractivity (Wildman–Crippen MR) is 73.1 cm³/mol. The van der Waals surface area contributed by atoms with E-state index in [1.54, 1.807) is 18.4 Å². The summed E-state index contributed by atoms with van der Waals surface area (Å²) >= 11 is 7.34. The van der Waals surface area contributed by atoms with Crippen LogP contribution in [0.15, 0.2) is 29.6 Å². The van der Waals surface area contributed by atoms with Crippen molar-refractivity contribution < 1.29 is 4.74 Å². The van der Waals surface area contributed by atoms with E-state index in [1.165, 1.54) is 0 Å². The molecule has 17 heavy (non-hydrogen) atoms. The molecule has 0 unspecified atom stereocenters. The fourth-order valence-electron chi connectivity index (χ4n) is 1.54. The highest BCUT2D eigenvalue weighted by Crippen LogP contribution is 2.26. The molecule has 1 aromatic heterocycles. The summed E-state index contributed by atoms with van der Waals surface area (Å²) in [5, 5.41) is 3.16. The first-order chi connectivity index (χ1) is 8.33. The molecular weight excluding hydrogens is 254 g/mol. The molecule has 0 amide bonds. The molecule has 0 bridgehead atoms. The van der Waals surface area contributed by atoms with Crippen molar-refractivity contribution in [1.29, 1.82) is 0 Å². The van der Waals surface area contributed by atoms with Crippen molar-refractivity contribution >= 4 is 22.9 Å². The lowest BCUT2D eigenvalue weighted by atomic mass is 10.2. The van der Waals surface area contributed by atoms with Gasteiger partial charge in [-0.25, -0.2) is 4.98 Å². The molecule has 0 radical (unpaired) electrons. The van der Waals surface area contributed by atoms with Crippen LogP contribution in [0, 0.1) is 0 Å². The highest BCUT2D eigenvalue weighted by molar-refractivity contribution is 7.13. The molecule has 0 saturated carbocycles. The predicted octanol–water partition coefficient (Wildman–Crippen LogP) is 3.99. The van der Waals surface area contributed by atoms with Crippen molar-refractivity contribution in [1.82, 2.24) is 4.98 Å². The van der Waals surface area contributed by atoms with Crippen LogP contribution in [-0.4, -0.2) is 18.0 Å². The molecule has 2 nitrogen and oxygen atoms in total. The maximum Gasteiger partial charge on any atom is 0.123 e. The van der Waals surface area contributed by atoms with Gasteiger partial charge in [0.25, 0.3) is 0 Å². The van der Waals surface area contributed by atoms with E-state index < -0.39 is 0 Å². The quantitative estimate of drug-likeness (QED) is 0.764. The molecule has 90 valence electrons. The first-order valence-corrected chi connectivity index (χ1v) is 6.89. The van der Waals surface area contributed by atoms with Crippen LogP contribution in [0.5, 0.6) is 5.75 Å². The first-order valence-electron chi connectivity index (χ1n) is 5.48. The maximum absolute atomic E-state index is 5.67. The lowest BCUT2D eigenvalue weighted by Crippen LogP contribution is -1.87. The summed E-state index contributed by atoms with van der Waals surface area (Å²) in [6, 6.07) is 7.97. The van der Waals surface area contributed by atoms with Crippen molar-refractivity contribution in [3.63, 3.8) is 0 Å². The summed E-state index contributed by atoms with van der Waals surface area (Å²) in [5.41, 5.74) is 2.26. The smallest absolute Gasteiger partial charge is 0.123 e. The minimum absolute atomic E-state index is 0.690. The monoisotopic (exact) mass is 267 g/mol. The fraction of sp³-hybridized carbons (Fsp3) is 0.308. The molecule has 2 rings (SSSR count). The summed E-state index contributed by atoms with van der Waals surface area (Å²) in [5.74, 6) is 1.56. The summed E-state index contributed by atoms with van der Waals surface area (Å²) in [4.78, 5) is 4.59. The van der Waals surface area contributed by atoms with Crippen LogP contribution in [0.4, 0.5) is 0 Å². The second-order valence-corrected chi connectivity index (χ2v) is 4.90. The Labute approximate surface area is 110 Å². The number of alkyl halides is 1. The Morgan fingerprint density at radius 2 is 2.06 bits per heavy atom. The van der Waals surface area contributed by atoms with E-state index >= 15 is 0 Å². The van der Waals surface area contributed by atoms with Gasteiger partial charge in [0.2, 0.25) is 0 Å². The zero-order chi connectivity index (χ0) is 12.1. The number of methoxy groups -OCH3 is 1. The number of benzene rings is 1. The third kappa shape index (κ3) is 3.20. The number of thiazole rings is 1. The van der Waals surface area contributed by atoms with Crippen molar-refractivity contribution in [3.05, 3.63) is 35.3 Å². The van der Waals surface area contributed by atoms with Gasteiger partial charge in [0.15, 0.2) is 0 Å². The summed E-state index contributed by atoms with van der Waals surface area (Å²) < 4.78 is 5.13. The molecule has 0 N–H and O–H groups in total. The Morgan fingerprint density at radius 3 is 2.71 bits per heavy atom. The number of nitrogens with zero attached hydrogens (tertiary/aromatic N) is 1. The summed E-state index contributed by atoms with van der Waals surface area (Å²) in [6.07, 6.45) is 1.93. The van der Waals surface area contributed by atoms with Gasteiger partial charge in [-0.05, 0) is 37.1 Å². The van der Waals surface area contributed by atoms with E-state index in [2.05, 4.69) is 10.4 Å². The second kappa shape index (κ2) is 6.03. The maximum atomic E-state index is 5.67. The third-order valence-electron chi connectivity index (χ3n) is 2.46. The van der Waals surface area contributed by atoms with Crippen molar-refractivity contribution in [2.75, 3.05) is 13.0 Å². The van der Waals surface area contributed by atoms with Crippen LogP contribution < -0.4 is 4.74 Å². The number of hydrogen-bond acceptors (Lipinski definition) is 3. The summed E-state index contributed by atoms with van der Waals surface area (Å²) in [6.45, 7) is 0. The van der Waals surface area contributed by atoms with E-state index in [-0.39, 0.29) is 0 Å². The molecule has 0 aliphatic carbocycles. The van der Waals surface area contributed by atoms with E-state index in [0.717, 1.165) is 34.9 Å². The van der Waals surface area contributed by atoms with Crippen LogP contribution in [0.1, 0.15) is 12.1 Å². The highest BCUT2D eigenvalue weighted by atomic mass is 35.5. The Morgan fingerprint density at radius 1 is 1.29 bits per heavy atom. The molecular formula is C13H14ClNOS. The van der Waals surface area contributed by atoms with E-state index in [1.807, 2.05) is 24.3 Å². The molecule has 0 spiro atoms. The van der Waals surface area contributed by atoms with Gasteiger partial charge in [0.05, 0.1) is 12.8 Å². The van der Waals surface area contributed by atoms with Crippen LogP contribution in [-0.2, 0) is 6.42 Å². The van der Waals surface area contributed by atoms with E-state index in [4.69, 9.17) is 16.3 Å². The number of hydrogen-bond donors (Lipinski definition) is 0.